The van der Waals surface area contributed by atoms with E-state index in [1.54, 1.807) is 12.5 Å². The Labute approximate surface area is 176 Å². The third-order valence-corrected chi connectivity index (χ3v) is 5.55. The maximum atomic E-state index is 12.0. The lowest BCUT2D eigenvalue weighted by Crippen LogP contribution is -2.54. The van der Waals surface area contributed by atoms with Crippen LogP contribution in [0.4, 0.5) is 17.3 Å². The number of aromatic nitrogens is 4. The van der Waals surface area contributed by atoms with Crippen LogP contribution in [0.15, 0.2) is 30.9 Å². The molecule has 1 N–H and O–H groups in total. The summed E-state index contributed by atoms with van der Waals surface area (Å²) in [4.78, 5) is 29.6. The summed E-state index contributed by atoms with van der Waals surface area (Å²) in [7, 11) is 3.95. The highest BCUT2D eigenvalue weighted by atomic mass is 16.2. The number of nitrogens with zero attached hydrogens (tertiary/aromatic N) is 7. The van der Waals surface area contributed by atoms with Crippen molar-refractivity contribution in [2.75, 3.05) is 36.5 Å². The summed E-state index contributed by atoms with van der Waals surface area (Å²) < 4.78 is 1.98. The van der Waals surface area contributed by atoms with Gasteiger partial charge in [-0.05, 0) is 18.1 Å². The summed E-state index contributed by atoms with van der Waals surface area (Å²) in [6.45, 7) is 3.39. The fourth-order valence-corrected chi connectivity index (χ4v) is 3.66. The van der Waals surface area contributed by atoms with Crippen LogP contribution in [-0.4, -0.2) is 52.1 Å². The van der Waals surface area contributed by atoms with Gasteiger partial charge in [-0.1, -0.05) is 6.92 Å². The van der Waals surface area contributed by atoms with Gasteiger partial charge >= 0.3 is 0 Å². The maximum absolute atomic E-state index is 12.0. The normalized spacial score (nSPS) is 13.7. The predicted molar refractivity (Wildman–Crippen MR) is 117 cm³/mol. The molecule has 1 amide bonds. The third kappa shape index (κ3) is 3.52. The molecule has 1 aliphatic rings. The van der Waals surface area contributed by atoms with E-state index in [2.05, 4.69) is 38.2 Å². The minimum absolute atomic E-state index is 0. The monoisotopic (exact) mass is 406 g/mol. The quantitative estimate of drug-likeness (QED) is 0.625. The van der Waals surface area contributed by atoms with Gasteiger partial charge in [-0.2, -0.15) is 5.26 Å². The minimum atomic E-state index is -0.0950. The molecule has 4 rings (SSSR count). The maximum Gasteiger partial charge on any atom is 0.227 e. The number of amides is 1. The van der Waals surface area contributed by atoms with Gasteiger partial charge in [0.2, 0.25) is 5.91 Å². The van der Waals surface area contributed by atoms with Gasteiger partial charge < -0.3 is 19.7 Å². The second kappa shape index (κ2) is 7.99. The molecule has 3 aromatic heterocycles. The number of nitrogens with one attached hydrogen (secondary N) is 1. The van der Waals surface area contributed by atoms with Crippen LogP contribution in [0.1, 0.15) is 13.9 Å². The van der Waals surface area contributed by atoms with Gasteiger partial charge in [0.1, 0.15) is 23.7 Å². The van der Waals surface area contributed by atoms with Crippen molar-refractivity contribution in [2.45, 2.75) is 13.3 Å². The van der Waals surface area contributed by atoms with Crippen LogP contribution in [0.25, 0.3) is 11.0 Å². The molecule has 0 bridgehead atoms. The molecule has 156 valence electrons. The molecule has 1 fully saturated rings. The van der Waals surface area contributed by atoms with E-state index in [0.29, 0.717) is 13.1 Å². The Balaban J connectivity index is 0.00000272. The zero-order valence-corrected chi connectivity index (χ0v) is 17.3. The minimum Gasteiger partial charge on any atom is -0.355 e. The van der Waals surface area contributed by atoms with Crippen molar-refractivity contribution in [2.24, 2.45) is 13.0 Å². The van der Waals surface area contributed by atoms with E-state index in [4.69, 9.17) is 5.26 Å². The van der Waals surface area contributed by atoms with Crippen LogP contribution in [-0.2, 0) is 18.3 Å². The summed E-state index contributed by atoms with van der Waals surface area (Å²) in [6.07, 6.45) is 6.28. The fourth-order valence-electron chi connectivity index (χ4n) is 3.66. The molecule has 9 nitrogen and oxygen atoms in total. The molecule has 1 aliphatic heterocycles. The number of nitriles is 1. The number of hydrogen-bond acceptors (Lipinski definition) is 7. The van der Waals surface area contributed by atoms with Crippen molar-refractivity contribution in [1.82, 2.24) is 24.8 Å². The number of aryl methyl sites for hydroxylation is 2. The average molecular weight is 406 g/mol. The molecule has 30 heavy (non-hydrogen) atoms. The van der Waals surface area contributed by atoms with Crippen LogP contribution in [0.2, 0.25) is 0 Å². The van der Waals surface area contributed by atoms with Crippen molar-refractivity contribution >= 4 is 34.3 Å². The SMILES string of the molecule is CCc1cc(N2CC(C(=O)NCC#N)C2)ncc1N(C)c1cc2c(cn1)ncn2C.[HH]. The van der Waals surface area contributed by atoms with E-state index in [-0.39, 0.29) is 19.8 Å². The molecule has 0 spiro atoms. The molecule has 4 heterocycles. The molecule has 0 aliphatic carbocycles. The predicted octanol–water partition coefficient (Wildman–Crippen LogP) is 2.02. The third-order valence-electron chi connectivity index (χ3n) is 5.55. The fraction of sp³-hybridized carbons (Fsp3) is 0.381. The molecular formula is C21H26N8O. The summed E-state index contributed by atoms with van der Waals surface area (Å²) in [5.41, 5.74) is 4.05. The smallest absolute Gasteiger partial charge is 0.227 e. The Bertz CT molecular complexity index is 1130. The van der Waals surface area contributed by atoms with Gasteiger partial charge in [0.15, 0.2) is 0 Å². The summed E-state index contributed by atoms with van der Waals surface area (Å²) in [6, 6.07) is 6.03. The summed E-state index contributed by atoms with van der Waals surface area (Å²) in [5.74, 6) is 1.52. The van der Waals surface area contributed by atoms with Gasteiger partial charge in [0.05, 0.1) is 41.9 Å². The molecular weight excluding hydrogens is 380 g/mol. The topological polar surface area (TPSA) is 103 Å². The van der Waals surface area contributed by atoms with Gasteiger partial charge in [-0.25, -0.2) is 15.0 Å². The Morgan fingerprint density at radius 2 is 2.13 bits per heavy atom. The van der Waals surface area contributed by atoms with Crippen LogP contribution in [0.3, 0.4) is 0 Å². The van der Waals surface area contributed by atoms with E-state index in [1.807, 2.05) is 41.9 Å². The lowest BCUT2D eigenvalue weighted by Gasteiger charge is -2.39. The molecule has 0 radical (unpaired) electrons. The molecule has 9 heteroatoms. The first-order chi connectivity index (χ1) is 14.5. The molecule has 0 unspecified atom stereocenters. The highest BCUT2D eigenvalue weighted by Gasteiger charge is 2.33. The van der Waals surface area contributed by atoms with E-state index in [9.17, 15) is 4.79 Å². The second-order valence-corrected chi connectivity index (χ2v) is 7.45. The number of rotatable bonds is 6. The second-order valence-electron chi connectivity index (χ2n) is 7.45. The Hall–Kier alpha value is -3.67. The lowest BCUT2D eigenvalue weighted by atomic mass is 9.98. The van der Waals surface area contributed by atoms with Crippen molar-refractivity contribution in [3.8, 4) is 6.07 Å². The Kier molecular flexibility index (Phi) is 5.23. The van der Waals surface area contributed by atoms with Gasteiger partial charge in [-0.3, -0.25) is 4.79 Å². The van der Waals surface area contributed by atoms with Crippen LogP contribution in [0.5, 0.6) is 0 Å². The zero-order valence-electron chi connectivity index (χ0n) is 17.3. The van der Waals surface area contributed by atoms with Gasteiger partial charge in [0.25, 0.3) is 0 Å². The number of carbonyl (C=O) groups excluding carboxylic acids is 1. The van der Waals surface area contributed by atoms with Crippen LogP contribution >= 0.6 is 0 Å². The lowest BCUT2D eigenvalue weighted by molar-refractivity contribution is -0.125. The van der Waals surface area contributed by atoms with Crippen molar-refractivity contribution in [3.05, 3.63) is 36.4 Å². The number of imidazole rings is 1. The number of hydrogen-bond donors (Lipinski definition) is 1. The first-order valence-corrected chi connectivity index (χ1v) is 9.91. The largest absolute Gasteiger partial charge is 0.355 e. The van der Waals surface area contributed by atoms with Gasteiger partial charge in [0, 0.05) is 34.7 Å². The molecule has 3 aromatic rings. The van der Waals surface area contributed by atoms with E-state index >= 15 is 0 Å². The summed E-state index contributed by atoms with van der Waals surface area (Å²) >= 11 is 0. The number of carbonyl (C=O) groups is 1. The highest BCUT2D eigenvalue weighted by Crippen LogP contribution is 2.31. The van der Waals surface area contributed by atoms with Crippen molar-refractivity contribution in [1.29, 1.82) is 5.26 Å². The van der Waals surface area contributed by atoms with Crippen LogP contribution < -0.4 is 15.1 Å². The Morgan fingerprint density at radius 3 is 2.87 bits per heavy atom. The first-order valence-electron chi connectivity index (χ1n) is 9.91. The average Bonchev–Trinajstić information content (AvgIpc) is 3.10. The summed E-state index contributed by atoms with van der Waals surface area (Å²) in [5, 5.41) is 11.2. The number of pyridine rings is 2. The van der Waals surface area contributed by atoms with E-state index in [0.717, 1.165) is 40.3 Å². The van der Waals surface area contributed by atoms with E-state index in [1.165, 1.54) is 0 Å². The number of fused-ring (bicyclic) bond motifs is 1. The van der Waals surface area contributed by atoms with E-state index < -0.39 is 0 Å². The molecule has 0 atom stereocenters. The highest BCUT2D eigenvalue weighted by molar-refractivity contribution is 5.82. The standard InChI is InChI=1S/C21H24N8O.H2/c1-4-14-7-20(29-11-15(12-29)21(30)23-6-5-22)25-10-18(14)28(3)19-8-17-16(9-24-19)26-13-27(17)2;/h7-10,13,15H,4,6,11-12H2,1-3H3,(H,23,30);1H. The van der Waals surface area contributed by atoms with Crippen molar-refractivity contribution in [3.63, 3.8) is 0 Å². The van der Waals surface area contributed by atoms with Gasteiger partial charge in [-0.15, -0.1) is 0 Å². The zero-order chi connectivity index (χ0) is 21.3. The molecule has 1 saturated heterocycles. The first kappa shape index (κ1) is 19.6. The Morgan fingerprint density at radius 1 is 1.33 bits per heavy atom. The van der Waals surface area contributed by atoms with Crippen molar-refractivity contribution < 1.29 is 6.22 Å². The molecule has 0 aromatic carbocycles. The van der Waals surface area contributed by atoms with Crippen LogP contribution in [0, 0.1) is 17.2 Å². The number of anilines is 3. The molecule has 0 saturated carbocycles.